The van der Waals surface area contributed by atoms with Gasteiger partial charge in [-0.2, -0.15) is 0 Å². The average Bonchev–Trinajstić information content (AvgIpc) is 3.41. The van der Waals surface area contributed by atoms with Crippen LogP contribution in [0.4, 0.5) is 0 Å². The molecule has 0 aromatic heterocycles. The van der Waals surface area contributed by atoms with Gasteiger partial charge in [0.05, 0.1) is 27.7 Å². The van der Waals surface area contributed by atoms with E-state index in [1.165, 1.54) is 0 Å². The zero-order chi connectivity index (χ0) is 57.0. The number of quaternary nitrogens is 1. The van der Waals surface area contributed by atoms with Crippen molar-refractivity contribution in [3.63, 3.8) is 0 Å². The second-order valence-electron chi connectivity index (χ2n) is 19.5. The van der Waals surface area contributed by atoms with Crippen LogP contribution in [-0.2, 0) is 32.7 Å². The maximum atomic E-state index is 12.8. The van der Waals surface area contributed by atoms with Crippen molar-refractivity contribution in [2.45, 2.75) is 174 Å². The molecular formula is C68H104NO8P. The topological polar surface area (TPSA) is 111 Å². The Hall–Kier alpha value is -5.15. The molecule has 0 aliphatic rings. The number of nitrogens with zero attached hydrogens (tertiary/aromatic N) is 1. The predicted molar refractivity (Wildman–Crippen MR) is 332 cm³/mol. The Labute approximate surface area is 475 Å². The number of hydrogen-bond acceptors (Lipinski definition) is 8. The average molecular weight is 1090 g/mol. The molecule has 78 heavy (non-hydrogen) atoms. The first-order valence-corrected chi connectivity index (χ1v) is 30.6. The van der Waals surface area contributed by atoms with E-state index in [-0.39, 0.29) is 26.1 Å². The number of ether oxygens (including phenoxy) is 2. The Morgan fingerprint density at radius 1 is 0.397 bits per heavy atom. The van der Waals surface area contributed by atoms with Gasteiger partial charge in [-0.25, -0.2) is 0 Å². The number of hydrogen-bond donors (Lipinski definition) is 0. The molecule has 0 aromatic carbocycles. The maximum absolute atomic E-state index is 12.8. The minimum absolute atomic E-state index is 0.0594. The molecule has 9 nitrogen and oxygen atoms in total. The molecule has 0 saturated heterocycles. The molecule has 434 valence electrons. The van der Waals surface area contributed by atoms with Crippen LogP contribution in [0.2, 0.25) is 0 Å². The monoisotopic (exact) mass is 1090 g/mol. The number of carbonyl (C=O) groups excluding carboxylic acids is 2. The summed E-state index contributed by atoms with van der Waals surface area (Å²) in [4.78, 5) is 37.8. The van der Waals surface area contributed by atoms with Crippen molar-refractivity contribution >= 4 is 19.8 Å². The van der Waals surface area contributed by atoms with Crippen molar-refractivity contribution in [3.05, 3.63) is 194 Å². The molecule has 0 bridgehead atoms. The van der Waals surface area contributed by atoms with E-state index in [1.54, 1.807) is 0 Å². The lowest BCUT2D eigenvalue weighted by Gasteiger charge is -2.28. The Bertz CT molecular complexity index is 2010. The summed E-state index contributed by atoms with van der Waals surface area (Å²) < 4.78 is 34.0. The minimum Gasteiger partial charge on any atom is -0.756 e. The lowest BCUT2D eigenvalue weighted by molar-refractivity contribution is -0.870. The first kappa shape index (κ1) is 72.8. The van der Waals surface area contributed by atoms with Gasteiger partial charge in [0.1, 0.15) is 19.8 Å². The standard InChI is InChI=1S/C68H104NO8P/c1-6-8-10-12-14-16-18-20-22-24-26-28-29-30-31-32-33-34-35-36-37-38-39-41-43-45-47-49-51-53-55-57-59-61-68(71)77-66(65-76-78(72,73)75-63-62-69(3,4)5)64-74-67(70)60-58-56-54-52-50-48-46-44-42-40-27-25-23-21-19-17-15-13-11-9-7-2/h8-11,14-17,20-23,26-28,30-31,33-34,36-37,39-41,44-47,50-53,66H,6-7,12-13,18-19,24-25,29,32,35,38,42-43,48-49,54-65H2,1-5H3/b10-8-,11-9-,16-14-,17-15-,22-20-,23-21-,28-26-,31-30-,34-33-,37-36-,40-27-,41-39-,46-44-,47-45-,52-50-,53-51-. The van der Waals surface area contributed by atoms with Crippen molar-refractivity contribution in [2.75, 3.05) is 47.5 Å². The van der Waals surface area contributed by atoms with Crippen LogP contribution in [0.3, 0.4) is 0 Å². The van der Waals surface area contributed by atoms with Crippen molar-refractivity contribution < 1.29 is 42.1 Å². The molecule has 0 aliphatic heterocycles. The Kier molecular flexibility index (Phi) is 52.8. The van der Waals surface area contributed by atoms with Gasteiger partial charge in [0, 0.05) is 12.8 Å². The molecule has 2 atom stereocenters. The Morgan fingerprint density at radius 3 is 0.974 bits per heavy atom. The number of carbonyl (C=O) groups is 2. The third-order valence-corrected chi connectivity index (χ3v) is 12.1. The number of esters is 2. The minimum atomic E-state index is -4.68. The van der Waals surface area contributed by atoms with Crippen LogP contribution in [0, 0.1) is 0 Å². The van der Waals surface area contributed by atoms with Crippen LogP contribution in [0.25, 0.3) is 0 Å². The van der Waals surface area contributed by atoms with Crippen LogP contribution in [0.15, 0.2) is 194 Å². The summed E-state index contributed by atoms with van der Waals surface area (Å²) in [6.45, 7) is 3.86. The Morgan fingerprint density at radius 2 is 0.679 bits per heavy atom. The highest BCUT2D eigenvalue weighted by atomic mass is 31.2. The molecule has 0 spiro atoms. The molecule has 0 aromatic rings. The molecule has 0 amide bonds. The van der Waals surface area contributed by atoms with Gasteiger partial charge in [0.2, 0.25) is 0 Å². The summed E-state index contributed by atoms with van der Waals surface area (Å²) in [5.74, 6) is -0.957. The van der Waals surface area contributed by atoms with E-state index >= 15 is 0 Å². The van der Waals surface area contributed by atoms with Crippen LogP contribution < -0.4 is 4.89 Å². The van der Waals surface area contributed by atoms with Gasteiger partial charge in [0.15, 0.2) is 6.10 Å². The normalized spacial score (nSPS) is 14.7. The Balaban J connectivity index is 4.40. The first-order valence-electron chi connectivity index (χ1n) is 29.1. The lowest BCUT2D eigenvalue weighted by Crippen LogP contribution is -2.37. The fourth-order valence-corrected chi connectivity index (χ4v) is 7.41. The van der Waals surface area contributed by atoms with Crippen LogP contribution in [-0.4, -0.2) is 70.0 Å². The molecule has 0 saturated carbocycles. The van der Waals surface area contributed by atoms with Crippen LogP contribution in [0.5, 0.6) is 0 Å². The number of phosphoric ester groups is 1. The predicted octanol–water partition coefficient (Wildman–Crippen LogP) is 18.0. The number of allylic oxidation sites excluding steroid dienone is 32. The van der Waals surface area contributed by atoms with E-state index in [0.717, 1.165) is 128 Å². The number of phosphoric acid groups is 1. The van der Waals surface area contributed by atoms with E-state index in [1.807, 2.05) is 21.1 Å². The maximum Gasteiger partial charge on any atom is 0.306 e. The molecular weight excluding hydrogens is 990 g/mol. The van der Waals surface area contributed by atoms with Crippen molar-refractivity contribution in [1.29, 1.82) is 0 Å². The number of likely N-dealkylation sites (N-methyl/N-ethyl adjacent to an activating group) is 1. The van der Waals surface area contributed by atoms with Crippen LogP contribution in [0.1, 0.15) is 168 Å². The second-order valence-corrected chi connectivity index (χ2v) is 20.9. The summed E-state index contributed by atoms with van der Waals surface area (Å²) in [5.41, 5.74) is 0. The summed E-state index contributed by atoms with van der Waals surface area (Å²) in [6.07, 6.45) is 89.1. The van der Waals surface area contributed by atoms with Gasteiger partial charge >= 0.3 is 11.9 Å². The van der Waals surface area contributed by atoms with Gasteiger partial charge in [-0.15, -0.1) is 0 Å². The summed E-state index contributed by atoms with van der Waals surface area (Å²) in [6, 6.07) is 0. The van der Waals surface area contributed by atoms with E-state index in [4.69, 9.17) is 18.5 Å². The summed E-state index contributed by atoms with van der Waals surface area (Å²) in [5, 5.41) is 0. The summed E-state index contributed by atoms with van der Waals surface area (Å²) >= 11 is 0. The second kappa shape index (κ2) is 56.6. The highest BCUT2D eigenvalue weighted by molar-refractivity contribution is 7.45. The van der Waals surface area contributed by atoms with Gasteiger partial charge in [-0.05, 0) is 141 Å². The zero-order valence-electron chi connectivity index (χ0n) is 49.0. The lowest BCUT2D eigenvalue weighted by atomic mass is 10.1. The quantitative estimate of drug-likeness (QED) is 0.0195. The van der Waals surface area contributed by atoms with Gasteiger partial charge in [-0.1, -0.05) is 208 Å². The molecule has 0 N–H and O–H groups in total. The number of rotatable bonds is 50. The molecule has 0 fully saturated rings. The first-order chi connectivity index (χ1) is 38.0. The smallest absolute Gasteiger partial charge is 0.306 e. The van der Waals surface area contributed by atoms with Gasteiger partial charge < -0.3 is 27.9 Å². The van der Waals surface area contributed by atoms with Gasteiger partial charge in [0.25, 0.3) is 7.82 Å². The molecule has 10 heteroatoms. The fourth-order valence-electron chi connectivity index (χ4n) is 6.68. The third kappa shape index (κ3) is 60.1. The van der Waals surface area contributed by atoms with Crippen molar-refractivity contribution in [3.8, 4) is 0 Å². The van der Waals surface area contributed by atoms with E-state index in [0.29, 0.717) is 23.9 Å². The third-order valence-electron chi connectivity index (χ3n) is 11.1. The van der Waals surface area contributed by atoms with Crippen molar-refractivity contribution in [1.82, 2.24) is 0 Å². The molecule has 0 rings (SSSR count). The zero-order valence-corrected chi connectivity index (χ0v) is 49.9. The highest BCUT2D eigenvalue weighted by Crippen LogP contribution is 2.38. The van der Waals surface area contributed by atoms with E-state index in [9.17, 15) is 19.0 Å². The summed E-state index contributed by atoms with van der Waals surface area (Å²) in [7, 11) is 1.07. The highest BCUT2D eigenvalue weighted by Gasteiger charge is 2.21. The van der Waals surface area contributed by atoms with Gasteiger partial charge in [-0.3, -0.25) is 14.2 Å². The van der Waals surface area contributed by atoms with Crippen LogP contribution >= 0.6 is 7.82 Å². The molecule has 0 aliphatic carbocycles. The molecule has 0 heterocycles. The largest absolute Gasteiger partial charge is 0.756 e. The fraction of sp³-hybridized carbons (Fsp3) is 0.500. The van der Waals surface area contributed by atoms with Crippen molar-refractivity contribution in [2.24, 2.45) is 0 Å². The SMILES string of the molecule is CC/C=C\C/C=C\C/C=C\C/C=C\C/C=C\C/C=C\C/C=C\C/C=C\C/C=C\C/C=C\CCCCC(=O)OC(COC(=O)CCCC/C=C\C/C=C\C/C=C\C/C=C\C/C=C\C/C=C\CC)COP(=O)([O-])OCC[N+](C)(C)C. The van der Waals surface area contributed by atoms with E-state index in [2.05, 4.69) is 208 Å². The number of unbranched alkanes of at least 4 members (excludes halogenated alkanes) is 4. The molecule has 2 unspecified atom stereocenters. The molecule has 0 radical (unpaired) electrons. The van der Waals surface area contributed by atoms with E-state index < -0.39 is 32.5 Å².